The minimum atomic E-state index is -0.241. The van der Waals surface area contributed by atoms with Gasteiger partial charge in [0.1, 0.15) is 0 Å². The van der Waals surface area contributed by atoms with E-state index in [-0.39, 0.29) is 5.97 Å². The fourth-order valence-electron chi connectivity index (χ4n) is 1.06. The minimum Gasteiger partial charge on any atom is -0.468 e. The summed E-state index contributed by atoms with van der Waals surface area (Å²) in [7, 11) is 1.37. The predicted molar refractivity (Wildman–Crippen MR) is 59.3 cm³/mol. The van der Waals surface area contributed by atoms with Gasteiger partial charge in [-0.15, -0.1) is 11.8 Å². The number of hydrogen-bond acceptors (Lipinski definition) is 4. The second-order valence-electron chi connectivity index (χ2n) is 2.84. The summed E-state index contributed by atoms with van der Waals surface area (Å²) in [6, 6.07) is 9.49. The van der Waals surface area contributed by atoms with E-state index in [4.69, 9.17) is 5.26 Å². The Bertz CT molecular complexity index is 384. The molecule has 0 saturated carbocycles. The second-order valence-corrected chi connectivity index (χ2v) is 3.82. The van der Waals surface area contributed by atoms with Crippen LogP contribution >= 0.6 is 11.8 Å². The lowest BCUT2D eigenvalue weighted by molar-refractivity contribution is -0.137. The van der Waals surface area contributed by atoms with Crippen LogP contribution in [0.5, 0.6) is 0 Å². The first-order chi connectivity index (χ1) is 7.27. The Kier molecular flexibility index (Phi) is 4.72. The first-order valence-electron chi connectivity index (χ1n) is 4.40. The van der Waals surface area contributed by atoms with Gasteiger partial charge in [0.05, 0.1) is 24.5 Å². The van der Waals surface area contributed by atoms with Gasteiger partial charge in [-0.25, -0.2) is 0 Å². The van der Waals surface area contributed by atoms with Crippen molar-refractivity contribution in [1.29, 1.82) is 5.26 Å². The number of benzene rings is 1. The molecule has 0 spiro atoms. The summed E-state index contributed by atoms with van der Waals surface area (Å²) in [6.07, 6.45) is 0. The molecule has 0 aliphatic rings. The maximum Gasteiger partial charge on any atom is 0.315 e. The second kappa shape index (κ2) is 6.10. The first kappa shape index (κ1) is 11.6. The summed E-state index contributed by atoms with van der Waals surface area (Å²) in [4.78, 5) is 10.8. The molecule has 1 aromatic rings. The largest absolute Gasteiger partial charge is 0.468 e. The van der Waals surface area contributed by atoms with Crippen molar-refractivity contribution in [3.63, 3.8) is 0 Å². The molecule has 0 atom stereocenters. The number of carbonyl (C=O) groups is 1. The minimum absolute atomic E-state index is 0.241. The van der Waals surface area contributed by atoms with Gasteiger partial charge in [0.15, 0.2) is 0 Å². The van der Waals surface area contributed by atoms with Gasteiger partial charge in [0.2, 0.25) is 0 Å². The van der Waals surface area contributed by atoms with Crippen LogP contribution in [0.3, 0.4) is 0 Å². The van der Waals surface area contributed by atoms with E-state index >= 15 is 0 Å². The van der Waals surface area contributed by atoms with Crippen LogP contribution in [-0.2, 0) is 15.3 Å². The van der Waals surface area contributed by atoms with E-state index in [2.05, 4.69) is 10.8 Å². The zero-order valence-corrected chi connectivity index (χ0v) is 9.21. The molecule has 0 bridgehead atoms. The van der Waals surface area contributed by atoms with Crippen molar-refractivity contribution >= 4 is 17.7 Å². The Morgan fingerprint density at radius 3 is 2.93 bits per heavy atom. The van der Waals surface area contributed by atoms with E-state index in [1.807, 2.05) is 18.2 Å². The summed E-state index contributed by atoms with van der Waals surface area (Å²) in [5, 5.41) is 8.82. The Labute approximate surface area is 93.0 Å². The van der Waals surface area contributed by atoms with Crippen molar-refractivity contribution in [1.82, 2.24) is 0 Å². The molecule has 3 nitrogen and oxygen atoms in total. The fourth-order valence-corrected chi connectivity index (χ4v) is 1.92. The van der Waals surface area contributed by atoms with Crippen molar-refractivity contribution in [2.24, 2.45) is 0 Å². The number of thioether (sulfide) groups is 1. The number of rotatable bonds is 4. The Hall–Kier alpha value is -1.47. The van der Waals surface area contributed by atoms with E-state index in [1.165, 1.54) is 18.9 Å². The van der Waals surface area contributed by atoms with Gasteiger partial charge in [-0.1, -0.05) is 18.2 Å². The van der Waals surface area contributed by atoms with Crippen LogP contribution in [0.15, 0.2) is 24.3 Å². The van der Waals surface area contributed by atoms with Crippen molar-refractivity contribution in [2.75, 3.05) is 12.9 Å². The molecule has 0 heterocycles. The molecule has 1 aromatic carbocycles. The molecular weight excluding hydrogens is 210 g/mol. The highest BCUT2D eigenvalue weighted by Gasteiger charge is 2.03. The molecule has 0 amide bonds. The average molecular weight is 221 g/mol. The summed E-state index contributed by atoms with van der Waals surface area (Å²) in [6.45, 7) is 0. The third-order valence-electron chi connectivity index (χ3n) is 1.84. The van der Waals surface area contributed by atoms with Gasteiger partial charge in [-0.3, -0.25) is 4.79 Å². The van der Waals surface area contributed by atoms with E-state index in [0.717, 1.165) is 5.56 Å². The van der Waals surface area contributed by atoms with Gasteiger partial charge in [-0.05, 0) is 11.6 Å². The topological polar surface area (TPSA) is 50.1 Å². The highest BCUT2D eigenvalue weighted by molar-refractivity contribution is 7.99. The van der Waals surface area contributed by atoms with Crippen molar-refractivity contribution in [3.05, 3.63) is 35.4 Å². The van der Waals surface area contributed by atoms with Crippen molar-refractivity contribution in [2.45, 2.75) is 5.75 Å². The molecule has 0 aromatic heterocycles. The normalized spacial score (nSPS) is 9.33. The van der Waals surface area contributed by atoms with Crippen LogP contribution in [0.4, 0.5) is 0 Å². The van der Waals surface area contributed by atoms with Crippen LogP contribution in [0.1, 0.15) is 11.1 Å². The Morgan fingerprint density at radius 2 is 2.27 bits per heavy atom. The standard InChI is InChI=1S/C11H11NO2S/c1-14-11(13)8-15-7-10-5-3-2-4-9(10)6-12/h2-5H,7-8H2,1H3. The van der Waals surface area contributed by atoms with Gasteiger partial charge in [-0.2, -0.15) is 5.26 Å². The molecule has 0 N–H and O–H groups in total. The van der Waals surface area contributed by atoms with Gasteiger partial charge in [0.25, 0.3) is 0 Å². The lowest BCUT2D eigenvalue weighted by Crippen LogP contribution is -2.03. The number of ether oxygens (including phenoxy) is 1. The number of hydrogen-bond donors (Lipinski definition) is 0. The molecule has 0 unspecified atom stereocenters. The van der Waals surface area contributed by atoms with Crippen LogP contribution in [0, 0.1) is 11.3 Å². The molecule has 78 valence electrons. The first-order valence-corrected chi connectivity index (χ1v) is 5.56. The maximum absolute atomic E-state index is 10.8. The number of methoxy groups -OCH3 is 1. The SMILES string of the molecule is COC(=O)CSCc1ccccc1C#N. The fraction of sp³-hybridized carbons (Fsp3) is 0.273. The summed E-state index contributed by atoms with van der Waals surface area (Å²) >= 11 is 1.44. The molecule has 1 rings (SSSR count). The summed E-state index contributed by atoms with van der Waals surface area (Å²) < 4.78 is 4.52. The lowest BCUT2D eigenvalue weighted by atomic mass is 10.1. The van der Waals surface area contributed by atoms with Crippen LogP contribution < -0.4 is 0 Å². The molecule has 4 heteroatoms. The number of nitrogens with zero attached hydrogens (tertiary/aromatic N) is 1. The molecular formula is C11H11NO2S. The predicted octanol–water partition coefficient (Wildman–Crippen LogP) is 1.96. The van der Waals surface area contributed by atoms with Crippen LogP contribution in [0.25, 0.3) is 0 Å². The summed E-state index contributed by atoms with van der Waals surface area (Å²) in [5.41, 5.74) is 1.61. The van der Waals surface area contributed by atoms with Crippen LogP contribution in [0.2, 0.25) is 0 Å². The monoisotopic (exact) mass is 221 g/mol. The Balaban J connectivity index is 2.51. The van der Waals surface area contributed by atoms with E-state index in [9.17, 15) is 4.79 Å². The van der Waals surface area contributed by atoms with Gasteiger partial charge < -0.3 is 4.74 Å². The number of esters is 1. The zero-order chi connectivity index (χ0) is 11.1. The molecule has 0 fully saturated rings. The highest BCUT2D eigenvalue weighted by Crippen LogP contribution is 2.15. The van der Waals surface area contributed by atoms with Crippen molar-refractivity contribution < 1.29 is 9.53 Å². The highest BCUT2D eigenvalue weighted by atomic mass is 32.2. The Morgan fingerprint density at radius 1 is 1.53 bits per heavy atom. The number of nitriles is 1. The van der Waals surface area contributed by atoms with Crippen molar-refractivity contribution in [3.8, 4) is 6.07 Å². The smallest absolute Gasteiger partial charge is 0.315 e. The van der Waals surface area contributed by atoms with E-state index in [1.54, 1.807) is 6.07 Å². The van der Waals surface area contributed by atoms with E-state index in [0.29, 0.717) is 17.1 Å². The lowest BCUT2D eigenvalue weighted by Gasteiger charge is -2.02. The molecule has 0 aliphatic carbocycles. The molecule has 0 saturated heterocycles. The third-order valence-corrected chi connectivity index (χ3v) is 2.80. The number of carbonyl (C=O) groups excluding carboxylic acids is 1. The third kappa shape index (κ3) is 3.64. The molecule has 0 radical (unpaired) electrons. The summed E-state index contributed by atoms with van der Waals surface area (Å²) in [5.74, 6) is 0.726. The van der Waals surface area contributed by atoms with Gasteiger partial charge in [0, 0.05) is 5.75 Å². The average Bonchev–Trinajstić information content (AvgIpc) is 2.29. The zero-order valence-electron chi connectivity index (χ0n) is 8.40. The van der Waals surface area contributed by atoms with Crippen LogP contribution in [-0.4, -0.2) is 18.8 Å². The molecule has 0 aliphatic heterocycles. The quantitative estimate of drug-likeness (QED) is 0.729. The molecule has 15 heavy (non-hydrogen) atoms. The van der Waals surface area contributed by atoms with Gasteiger partial charge >= 0.3 is 5.97 Å². The van der Waals surface area contributed by atoms with E-state index < -0.39 is 0 Å². The maximum atomic E-state index is 10.8.